The van der Waals surface area contributed by atoms with E-state index in [4.69, 9.17) is 5.73 Å². The van der Waals surface area contributed by atoms with Crippen LogP contribution in [0.25, 0.3) is 0 Å². The minimum atomic E-state index is -2.93. The number of carbonyl (C=O) groups is 1. The van der Waals surface area contributed by atoms with Crippen molar-refractivity contribution in [2.24, 2.45) is 5.73 Å². The molecule has 1 rings (SSSR count). The molecular formula is C7H4F3IN2O. The van der Waals surface area contributed by atoms with E-state index in [1.807, 2.05) is 0 Å². The Bertz CT molecular complexity index is 383. The number of nitrogens with zero attached hydrogens (tertiary/aromatic N) is 1. The van der Waals surface area contributed by atoms with Gasteiger partial charge in [-0.05, 0) is 22.6 Å². The second-order valence-electron chi connectivity index (χ2n) is 2.35. The van der Waals surface area contributed by atoms with Crippen LogP contribution in [0.4, 0.5) is 13.2 Å². The molecule has 0 spiro atoms. The van der Waals surface area contributed by atoms with Crippen LogP contribution >= 0.6 is 22.6 Å². The van der Waals surface area contributed by atoms with Crippen molar-refractivity contribution in [3.63, 3.8) is 0 Å². The van der Waals surface area contributed by atoms with Gasteiger partial charge >= 0.3 is 0 Å². The van der Waals surface area contributed by atoms with E-state index in [1.54, 1.807) is 0 Å². The maximum atomic E-state index is 13.0. The van der Waals surface area contributed by atoms with Crippen molar-refractivity contribution in [1.82, 2.24) is 4.98 Å². The first kappa shape index (κ1) is 11.2. The third-order valence-corrected chi connectivity index (χ3v) is 2.47. The number of amides is 1. The fourth-order valence-corrected chi connectivity index (χ4v) is 1.30. The van der Waals surface area contributed by atoms with Crippen LogP contribution in [0.2, 0.25) is 0 Å². The van der Waals surface area contributed by atoms with E-state index in [2.05, 4.69) is 4.98 Å². The molecule has 0 fully saturated rings. The summed E-state index contributed by atoms with van der Waals surface area (Å²) in [5.41, 5.74) is 3.52. The van der Waals surface area contributed by atoms with Gasteiger partial charge in [0.2, 0.25) is 0 Å². The molecule has 76 valence electrons. The van der Waals surface area contributed by atoms with Crippen molar-refractivity contribution in [3.8, 4) is 0 Å². The molecule has 14 heavy (non-hydrogen) atoms. The average Bonchev–Trinajstić information content (AvgIpc) is 2.08. The monoisotopic (exact) mass is 316 g/mol. The Kier molecular flexibility index (Phi) is 3.29. The van der Waals surface area contributed by atoms with Gasteiger partial charge in [-0.3, -0.25) is 4.79 Å². The highest BCUT2D eigenvalue weighted by atomic mass is 127. The number of alkyl halides is 2. The summed E-state index contributed by atoms with van der Waals surface area (Å²) >= 11 is 1.39. The van der Waals surface area contributed by atoms with Crippen molar-refractivity contribution >= 4 is 28.5 Å². The van der Waals surface area contributed by atoms with E-state index in [-0.39, 0.29) is 3.57 Å². The molecule has 0 aliphatic rings. The molecule has 2 N–H and O–H groups in total. The van der Waals surface area contributed by atoms with Crippen LogP contribution in [0.1, 0.15) is 22.6 Å². The molecule has 3 nitrogen and oxygen atoms in total. The van der Waals surface area contributed by atoms with Gasteiger partial charge in [0.05, 0.1) is 3.57 Å². The molecule has 0 atom stereocenters. The molecule has 1 aromatic rings. The number of pyridine rings is 1. The molecule has 0 bridgehead atoms. The Hall–Kier alpha value is -0.860. The highest BCUT2D eigenvalue weighted by molar-refractivity contribution is 14.1. The van der Waals surface area contributed by atoms with Gasteiger partial charge in [-0.25, -0.2) is 18.2 Å². The van der Waals surface area contributed by atoms with Crippen LogP contribution in [0.3, 0.4) is 0 Å². The normalized spacial score (nSPS) is 10.6. The zero-order valence-electron chi connectivity index (χ0n) is 6.60. The van der Waals surface area contributed by atoms with Gasteiger partial charge in [0.15, 0.2) is 0 Å². The Balaban J connectivity index is 3.35. The van der Waals surface area contributed by atoms with E-state index in [9.17, 15) is 18.0 Å². The molecule has 0 aromatic carbocycles. The van der Waals surface area contributed by atoms with Crippen LogP contribution < -0.4 is 5.73 Å². The Morgan fingerprint density at radius 2 is 2.14 bits per heavy atom. The predicted octanol–water partition coefficient (Wildman–Crippen LogP) is 1.86. The van der Waals surface area contributed by atoms with Gasteiger partial charge in [-0.2, -0.15) is 0 Å². The lowest BCUT2D eigenvalue weighted by molar-refractivity contribution is 0.0992. The van der Waals surface area contributed by atoms with E-state index >= 15 is 0 Å². The third kappa shape index (κ3) is 2.14. The number of hydrogen-bond acceptors (Lipinski definition) is 2. The van der Waals surface area contributed by atoms with Gasteiger partial charge < -0.3 is 5.73 Å². The van der Waals surface area contributed by atoms with E-state index in [0.29, 0.717) is 0 Å². The Labute approximate surface area is 90.6 Å². The summed E-state index contributed by atoms with van der Waals surface area (Å²) in [6, 6.07) is 0.732. The summed E-state index contributed by atoms with van der Waals surface area (Å²) in [5.74, 6) is -1.97. The van der Waals surface area contributed by atoms with Crippen molar-refractivity contribution in [2.75, 3.05) is 0 Å². The summed E-state index contributed by atoms with van der Waals surface area (Å²) in [6.07, 6.45) is -2.93. The molecule has 0 saturated carbocycles. The van der Waals surface area contributed by atoms with Gasteiger partial charge in [-0.15, -0.1) is 0 Å². The number of carbonyl (C=O) groups excluding carboxylic acids is 1. The summed E-state index contributed by atoms with van der Waals surface area (Å²) in [5, 5.41) is 0. The smallest absolute Gasteiger partial charge is 0.281 e. The quantitative estimate of drug-likeness (QED) is 0.847. The van der Waals surface area contributed by atoms with Crippen LogP contribution in [-0.4, -0.2) is 10.9 Å². The fraction of sp³-hybridized carbons (Fsp3) is 0.143. The summed E-state index contributed by atoms with van der Waals surface area (Å²) in [4.78, 5) is 13.8. The first-order valence-corrected chi connectivity index (χ1v) is 4.45. The van der Waals surface area contributed by atoms with Crippen molar-refractivity contribution in [2.45, 2.75) is 6.43 Å². The minimum absolute atomic E-state index is 0.303. The molecule has 0 radical (unpaired) electrons. The van der Waals surface area contributed by atoms with Crippen LogP contribution in [0, 0.1) is 9.39 Å². The van der Waals surface area contributed by atoms with E-state index in [0.717, 1.165) is 6.07 Å². The number of primary amides is 1. The first-order chi connectivity index (χ1) is 6.43. The van der Waals surface area contributed by atoms with Gasteiger partial charge in [0.25, 0.3) is 12.3 Å². The topological polar surface area (TPSA) is 56.0 Å². The summed E-state index contributed by atoms with van der Waals surface area (Å²) < 4.78 is 37.2. The van der Waals surface area contributed by atoms with Crippen molar-refractivity contribution in [1.29, 1.82) is 0 Å². The molecule has 1 amide bonds. The van der Waals surface area contributed by atoms with Crippen molar-refractivity contribution in [3.05, 3.63) is 26.8 Å². The second-order valence-corrected chi connectivity index (χ2v) is 3.43. The van der Waals surface area contributed by atoms with Gasteiger partial charge in [0, 0.05) is 6.07 Å². The number of nitrogens with two attached hydrogens (primary N) is 1. The fourth-order valence-electron chi connectivity index (χ4n) is 0.788. The minimum Gasteiger partial charge on any atom is -0.364 e. The number of halogens is 4. The standard InChI is InChI=1S/C7H4F3IN2O/c8-2-1-3(7(12)14)13-5(4(2)11)6(9)10/h1,6H,(H2,12,14). The highest BCUT2D eigenvalue weighted by Crippen LogP contribution is 2.24. The van der Waals surface area contributed by atoms with Crippen LogP contribution in [-0.2, 0) is 0 Å². The molecule has 1 heterocycles. The zero-order chi connectivity index (χ0) is 10.9. The lowest BCUT2D eigenvalue weighted by atomic mass is 10.3. The molecule has 0 aliphatic heterocycles. The zero-order valence-corrected chi connectivity index (χ0v) is 8.76. The average molecular weight is 316 g/mol. The van der Waals surface area contributed by atoms with E-state index < -0.39 is 29.5 Å². The molecular weight excluding hydrogens is 312 g/mol. The number of rotatable bonds is 2. The molecule has 0 aliphatic carbocycles. The summed E-state index contributed by atoms with van der Waals surface area (Å²) in [6.45, 7) is 0. The highest BCUT2D eigenvalue weighted by Gasteiger charge is 2.19. The van der Waals surface area contributed by atoms with Gasteiger partial charge in [0.1, 0.15) is 17.2 Å². The molecule has 0 unspecified atom stereocenters. The number of aromatic nitrogens is 1. The lowest BCUT2D eigenvalue weighted by Crippen LogP contribution is -2.15. The molecule has 1 aromatic heterocycles. The van der Waals surface area contributed by atoms with E-state index in [1.165, 1.54) is 22.6 Å². The Morgan fingerprint density at radius 3 is 2.57 bits per heavy atom. The third-order valence-electron chi connectivity index (χ3n) is 1.40. The Morgan fingerprint density at radius 1 is 1.57 bits per heavy atom. The SMILES string of the molecule is NC(=O)c1cc(F)c(I)c(C(F)F)n1. The second kappa shape index (κ2) is 4.11. The molecule has 7 heteroatoms. The maximum Gasteiger partial charge on any atom is 0.281 e. The van der Waals surface area contributed by atoms with Crippen LogP contribution in [0.15, 0.2) is 6.07 Å². The first-order valence-electron chi connectivity index (χ1n) is 3.37. The van der Waals surface area contributed by atoms with Crippen LogP contribution in [0.5, 0.6) is 0 Å². The van der Waals surface area contributed by atoms with Gasteiger partial charge in [-0.1, -0.05) is 0 Å². The maximum absolute atomic E-state index is 13.0. The molecule has 0 saturated heterocycles. The number of hydrogen-bond donors (Lipinski definition) is 1. The summed E-state index contributed by atoms with van der Waals surface area (Å²) in [7, 11) is 0. The van der Waals surface area contributed by atoms with Crippen molar-refractivity contribution < 1.29 is 18.0 Å². The largest absolute Gasteiger partial charge is 0.364 e. The lowest BCUT2D eigenvalue weighted by Gasteiger charge is -2.04. The predicted molar refractivity (Wildman–Crippen MR) is 50.4 cm³/mol.